The van der Waals surface area contributed by atoms with Crippen LogP contribution in [0.25, 0.3) is 0 Å². The SMILES string of the molecule is CN(CC#Cc1ccc2c(c1)C1(C(=O)N2C(=O)OCc2ccc([N+](=O)[O-])cc2)C(C(N)=O)C2C(=O)OC(c3ccccc3)C(c3ccccc3)N2C1c1ccc(OCCO)cc1)Cc1ccccc1. The van der Waals surface area contributed by atoms with E-state index in [0.717, 1.165) is 10.5 Å². The summed E-state index contributed by atoms with van der Waals surface area (Å²) in [5.41, 5.74) is 8.36. The molecule has 6 unspecified atom stereocenters. The molecule has 3 amide bonds. The van der Waals surface area contributed by atoms with Gasteiger partial charge in [0.05, 0.1) is 41.8 Å². The van der Waals surface area contributed by atoms with Gasteiger partial charge in [0.2, 0.25) is 11.8 Å². The lowest BCUT2D eigenvalue weighted by molar-refractivity contribution is -0.384. The van der Waals surface area contributed by atoms with Gasteiger partial charge in [0, 0.05) is 24.2 Å². The number of nitro benzene ring substituents is 1. The van der Waals surface area contributed by atoms with Crippen molar-refractivity contribution in [3.63, 3.8) is 0 Å². The zero-order valence-electron chi connectivity index (χ0n) is 37.4. The van der Waals surface area contributed by atoms with E-state index in [1.54, 1.807) is 42.5 Å². The van der Waals surface area contributed by atoms with Crippen molar-refractivity contribution in [1.29, 1.82) is 0 Å². The molecule has 2 saturated heterocycles. The number of anilines is 1. The van der Waals surface area contributed by atoms with Crippen LogP contribution in [0.1, 0.15) is 57.1 Å². The Bertz CT molecular complexity index is 2950. The smallest absolute Gasteiger partial charge is 0.421 e. The van der Waals surface area contributed by atoms with Gasteiger partial charge in [-0.05, 0) is 82.9 Å². The van der Waals surface area contributed by atoms with Crippen molar-refractivity contribution in [2.24, 2.45) is 11.7 Å². The van der Waals surface area contributed by atoms with Gasteiger partial charge in [0.15, 0.2) is 0 Å². The van der Waals surface area contributed by atoms with E-state index >= 15 is 9.59 Å². The lowest BCUT2D eigenvalue weighted by atomic mass is 9.65. The van der Waals surface area contributed by atoms with Crippen molar-refractivity contribution in [1.82, 2.24) is 9.80 Å². The number of carbonyl (C=O) groups excluding carboxylic acids is 4. The number of rotatable bonds is 13. The normalized spacial score (nSPS) is 21.5. The number of morpholine rings is 1. The summed E-state index contributed by atoms with van der Waals surface area (Å²) >= 11 is 0. The van der Waals surface area contributed by atoms with Crippen molar-refractivity contribution in [3.8, 4) is 17.6 Å². The number of hydrogen-bond donors (Lipinski definition) is 2. The number of aliphatic hydroxyl groups excluding tert-OH is 1. The van der Waals surface area contributed by atoms with E-state index in [-0.39, 0.29) is 36.8 Å². The lowest BCUT2D eigenvalue weighted by Crippen LogP contribution is -2.55. The van der Waals surface area contributed by atoms with Crippen LogP contribution in [0, 0.1) is 27.9 Å². The maximum absolute atomic E-state index is 16.2. The molecule has 3 aliphatic heterocycles. The number of hydrogen-bond acceptors (Lipinski definition) is 12. The third-order valence-corrected chi connectivity index (χ3v) is 12.9. The van der Waals surface area contributed by atoms with Crippen LogP contribution in [0.5, 0.6) is 5.75 Å². The first-order valence-electron chi connectivity index (χ1n) is 22.3. The Kier molecular flexibility index (Phi) is 13.1. The third kappa shape index (κ3) is 8.68. The minimum Gasteiger partial charge on any atom is -0.491 e. The molecule has 69 heavy (non-hydrogen) atoms. The second-order valence-electron chi connectivity index (χ2n) is 17.1. The van der Waals surface area contributed by atoms with E-state index in [1.807, 2.05) is 108 Å². The molecule has 9 rings (SSSR count). The molecule has 0 bridgehead atoms. The summed E-state index contributed by atoms with van der Waals surface area (Å²) in [5.74, 6) is 2.57. The number of nitrogens with two attached hydrogens (primary N) is 1. The summed E-state index contributed by atoms with van der Waals surface area (Å²) in [6.45, 7) is 0.424. The zero-order valence-corrected chi connectivity index (χ0v) is 37.4. The highest BCUT2D eigenvalue weighted by Crippen LogP contribution is 2.65. The fraction of sp³-hybridized carbons (Fsp3) is 0.222. The number of benzene rings is 6. The maximum Gasteiger partial charge on any atom is 0.421 e. The van der Waals surface area contributed by atoms with Gasteiger partial charge in [-0.15, -0.1) is 0 Å². The topological polar surface area (TPSA) is 195 Å². The molecule has 6 aromatic rings. The number of cyclic esters (lactones) is 1. The largest absolute Gasteiger partial charge is 0.491 e. The Balaban J connectivity index is 1.24. The Hall–Kier alpha value is -8.16. The predicted octanol–water partition coefficient (Wildman–Crippen LogP) is 6.94. The molecule has 3 N–H and O–H groups in total. The van der Waals surface area contributed by atoms with E-state index in [9.17, 15) is 24.8 Å². The number of nitro groups is 1. The van der Waals surface area contributed by atoms with Crippen LogP contribution in [0.15, 0.2) is 158 Å². The number of esters is 1. The van der Waals surface area contributed by atoms with E-state index in [4.69, 9.17) is 19.9 Å². The quantitative estimate of drug-likeness (QED) is 0.0525. The molecular weight excluding hydrogens is 879 g/mol. The van der Waals surface area contributed by atoms with Gasteiger partial charge in [-0.2, -0.15) is 0 Å². The van der Waals surface area contributed by atoms with Crippen LogP contribution >= 0.6 is 0 Å². The van der Waals surface area contributed by atoms with Crippen molar-refractivity contribution in [2.45, 2.75) is 42.8 Å². The molecule has 3 heterocycles. The summed E-state index contributed by atoms with van der Waals surface area (Å²) < 4.78 is 18.0. The number of fused-ring (bicyclic) bond motifs is 3. The second-order valence-corrected chi connectivity index (χ2v) is 17.1. The highest BCUT2D eigenvalue weighted by atomic mass is 16.6. The summed E-state index contributed by atoms with van der Waals surface area (Å²) in [7, 11) is 1.94. The van der Waals surface area contributed by atoms with Gasteiger partial charge in [-0.25, -0.2) is 9.69 Å². The third-order valence-electron chi connectivity index (χ3n) is 12.9. The van der Waals surface area contributed by atoms with E-state index in [0.29, 0.717) is 46.7 Å². The van der Waals surface area contributed by atoms with E-state index < -0.39 is 64.4 Å². The van der Waals surface area contributed by atoms with Crippen molar-refractivity contribution in [2.75, 3.05) is 31.7 Å². The maximum atomic E-state index is 16.2. The molecule has 3 aliphatic rings. The predicted molar refractivity (Wildman–Crippen MR) is 253 cm³/mol. The minimum absolute atomic E-state index is 0.0139. The van der Waals surface area contributed by atoms with Gasteiger partial charge in [0.1, 0.15) is 36.5 Å². The molecule has 6 atom stereocenters. The van der Waals surface area contributed by atoms with Gasteiger partial charge >= 0.3 is 12.1 Å². The molecule has 6 aromatic carbocycles. The standard InChI is InChI=1S/C54H47N5O10/c1-56(33-36-12-5-2-6-13-36)29-11-14-35-21-28-44-43(32-35)54(52(63)57(44)53(64)68-34-37-19-24-41(25-20-37)59(65)66)45(50(55)61)47-51(62)69-48(39-17-9-4-10-18-39)46(38-15-7-3-8-16-38)58(47)49(54)40-22-26-42(27-23-40)67-31-30-60/h2-10,12-13,15-28,32,45-49,60H,29-31,33-34H2,1H3,(H2,55,61). The van der Waals surface area contributed by atoms with Crippen LogP contribution in [0.4, 0.5) is 16.2 Å². The van der Waals surface area contributed by atoms with Gasteiger partial charge < -0.3 is 25.1 Å². The first-order chi connectivity index (χ1) is 33.5. The number of imide groups is 1. The summed E-state index contributed by atoms with van der Waals surface area (Å²) in [5, 5.41) is 20.9. The molecule has 15 nitrogen and oxygen atoms in total. The fourth-order valence-electron chi connectivity index (χ4n) is 10.1. The number of non-ortho nitro benzene ring substituents is 1. The van der Waals surface area contributed by atoms with Crippen molar-refractivity contribution in [3.05, 3.63) is 207 Å². The zero-order chi connectivity index (χ0) is 48.2. The molecule has 0 radical (unpaired) electrons. The molecule has 0 aliphatic carbocycles. The first kappa shape index (κ1) is 46.0. The van der Waals surface area contributed by atoms with Crippen LogP contribution in [-0.4, -0.2) is 76.6 Å². The Labute approximate surface area is 397 Å². The van der Waals surface area contributed by atoms with E-state index in [1.165, 1.54) is 24.3 Å². The molecule has 0 saturated carbocycles. The number of ether oxygens (including phenoxy) is 3. The van der Waals surface area contributed by atoms with Gasteiger partial charge in [-0.1, -0.05) is 115 Å². The lowest BCUT2D eigenvalue weighted by Gasteiger charge is -2.46. The second kappa shape index (κ2) is 19.6. The molecule has 348 valence electrons. The number of amides is 3. The minimum atomic E-state index is -2.11. The highest BCUT2D eigenvalue weighted by molar-refractivity contribution is 6.23. The number of aliphatic hydroxyl groups is 1. The first-order valence-corrected chi connectivity index (χ1v) is 22.3. The summed E-state index contributed by atoms with van der Waals surface area (Å²) in [4.78, 5) is 76.0. The Morgan fingerprint density at radius 1 is 0.826 bits per heavy atom. The number of nitrogens with zero attached hydrogens (tertiary/aromatic N) is 4. The summed E-state index contributed by atoms with van der Waals surface area (Å²) in [6, 6.07) is 42.1. The summed E-state index contributed by atoms with van der Waals surface area (Å²) in [6.07, 6.45) is -2.04. The Morgan fingerprint density at radius 3 is 2.12 bits per heavy atom. The number of carbonyl (C=O) groups is 4. The van der Waals surface area contributed by atoms with E-state index in [2.05, 4.69) is 11.8 Å². The fourth-order valence-corrected chi connectivity index (χ4v) is 10.1. The van der Waals surface area contributed by atoms with Crippen molar-refractivity contribution < 1.29 is 43.4 Å². The molecule has 0 aromatic heterocycles. The molecule has 1 spiro atoms. The van der Waals surface area contributed by atoms with Crippen molar-refractivity contribution >= 4 is 35.3 Å². The molecule has 2 fully saturated rings. The average molecular weight is 926 g/mol. The van der Waals surface area contributed by atoms with Crippen LogP contribution < -0.4 is 15.4 Å². The van der Waals surface area contributed by atoms with Crippen LogP contribution in [0.2, 0.25) is 0 Å². The number of primary amides is 1. The monoisotopic (exact) mass is 925 g/mol. The van der Waals surface area contributed by atoms with Crippen LogP contribution in [0.3, 0.4) is 0 Å². The highest BCUT2D eigenvalue weighted by Gasteiger charge is 2.75. The van der Waals surface area contributed by atoms with Gasteiger partial charge in [-0.3, -0.25) is 34.3 Å². The Morgan fingerprint density at radius 2 is 1.48 bits per heavy atom. The van der Waals surface area contributed by atoms with Gasteiger partial charge in [0.25, 0.3) is 5.69 Å². The average Bonchev–Trinajstić information content (AvgIpc) is 3.82. The molecule has 15 heteroatoms. The molecular formula is C54H47N5O10. The van der Waals surface area contributed by atoms with Crippen LogP contribution in [-0.2, 0) is 42.4 Å².